The van der Waals surface area contributed by atoms with Crippen LogP contribution in [0.3, 0.4) is 0 Å². The van der Waals surface area contributed by atoms with Gasteiger partial charge in [-0.15, -0.1) is 0 Å². The molecule has 0 aromatic heterocycles. The fourth-order valence-corrected chi connectivity index (χ4v) is 1.86. The van der Waals surface area contributed by atoms with Gasteiger partial charge >= 0.3 is 6.18 Å². The van der Waals surface area contributed by atoms with Crippen LogP contribution in [0.4, 0.5) is 13.2 Å². The van der Waals surface area contributed by atoms with Gasteiger partial charge in [0.2, 0.25) is 0 Å². The molecular weight excluding hydrogens is 221 g/mol. The van der Waals surface area contributed by atoms with Gasteiger partial charge in [0.25, 0.3) is 0 Å². The molecule has 3 nitrogen and oxygen atoms in total. The molecule has 3 atom stereocenters. The second-order valence-corrected chi connectivity index (χ2v) is 4.00. The third-order valence-electron chi connectivity index (χ3n) is 2.88. The van der Waals surface area contributed by atoms with Gasteiger partial charge in [-0.3, -0.25) is 0 Å². The van der Waals surface area contributed by atoms with Gasteiger partial charge in [-0.25, -0.2) is 0 Å². The molecule has 1 N–H and O–H groups in total. The summed E-state index contributed by atoms with van der Waals surface area (Å²) in [7, 11) is 1.60. The van der Waals surface area contributed by atoms with Crippen molar-refractivity contribution >= 4 is 0 Å². The zero-order chi connectivity index (χ0) is 12.2. The molecular formula is C10H15F3N2O. The lowest BCUT2D eigenvalue weighted by Gasteiger charge is -2.17. The highest BCUT2D eigenvalue weighted by Gasteiger charge is 2.40. The number of methoxy groups -OCH3 is 1. The lowest BCUT2D eigenvalue weighted by atomic mass is 10.1. The summed E-state index contributed by atoms with van der Waals surface area (Å²) in [5.41, 5.74) is 0. The zero-order valence-electron chi connectivity index (χ0n) is 9.05. The number of hydrogen-bond donors (Lipinski definition) is 1. The second-order valence-electron chi connectivity index (χ2n) is 4.00. The van der Waals surface area contributed by atoms with Crippen molar-refractivity contribution in [3.63, 3.8) is 0 Å². The molecule has 92 valence electrons. The molecule has 3 unspecified atom stereocenters. The maximum Gasteiger partial charge on any atom is 0.405 e. The first-order chi connectivity index (χ1) is 7.47. The van der Waals surface area contributed by atoms with Crippen molar-refractivity contribution in [3.8, 4) is 6.07 Å². The van der Waals surface area contributed by atoms with Crippen molar-refractivity contribution in [2.75, 3.05) is 13.7 Å². The first-order valence-electron chi connectivity index (χ1n) is 5.20. The van der Waals surface area contributed by atoms with Crippen LogP contribution in [0.25, 0.3) is 0 Å². The molecule has 1 saturated carbocycles. The van der Waals surface area contributed by atoms with E-state index in [0.717, 1.165) is 12.8 Å². The van der Waals surface area contributed by atoms with Crippen molar-refractivity contribution < 1.29 is 17.9 Å². The molecule has 0 amide bonds. The van der Waals surface area contributed by atoms with E-state index >= 15 is 0 Å². The summed E-state index contributed by atoms with van der Waals surface area (Å²) in [6.45, 7) is -0.332. The van der Waals surface area contributed by atoms with Gasteiger partial charge in [0.1, 0.15) is 0 Å². The van der Waals surface area contributed by atoms with E-state index in [0.29, 0.717) is 6.42 Å². The Morgan fingerprint density at radius 3 is 2.62 bits per heavy atom. The highest BCUT2D eigenvalue weighted by Crippen LogP contribution is 2.26. The smallest absolute Gasteiger partial charge is 0.381 e. The largest absolute Gasteiger partial charge is 0.405 e. The van der Waals surface area contributed by atoms with E-state index in [9.17, 15) is 13.2 Å². The highest BCUT2D eigenvalue weighted by molar-refractivity contribution is 4.92. The molecule has 0 aromatic carbocycles. The Hall–Kier alpha value is -0.800. The van der Waals surface area contributed by atoms with Gasteiger partial charge in [0, 0.05) is 19.7 Å². The molecule has 1 fully saturated rings. The predicted octanol–water partition coefficient (Wildman–Crippen LogP) is 1.85. The Morgan fingerprint density at radius 2 is 2.19 bits per heavy atom. The molecule has 0 bridgehead atoms. The number of nitrogens with zero attached hydrogens (tertiary/aromatic N) is 1. The molecule has 16 heavy (non-hydrogen) atoms. The molecule has 1 rings (SSSR count). The summed E-state index contributed by atoms with van der Waals surface area (Å²) in [5.74, 6) is -1.92. The van der Waals surface area contributed by atoms with E-state index in [4.69, 9.17) is 10.00 Å². The Morgan fingerprint density at radius 1 is 1.50 bits per heavy atom. The van der Waals surface area contributed by atoms with Gasteiger partial charge in [-0.05, 0) is 19.3 Å². The minimum absolute atomic E-state index is 0.0307. The normalized spacial score (nSPS) is 27.7. The number of alkyl halides is 3. The van der Waals surface area contributed by atoms with Crippen LogP contribution in [0.5, 0.6) is 0 Å². The van der Waals surface area contributed by atoms with Crippen molar-refractivity contribution in [1.29, 1.82) is 5.26 Å². The Kier molecular flexibility index (Phi) is 4.56. The van der Waals surface area contributed by atoms with Gasteiger partial charge in [-0.1, -0.05) is 0 Å². The number of halogens is 3. The minimum atomic E-state index is -4.44. The van der Waals surface area contributed by atoms with Crippen molar-refractivity contribution in [2.24, 2.45) is 5.92 Å². The van der Waals surface area contributed by atoms with E-state index in [-0.39, 0.29) is 18.7 Å². The van der Waals surface area contributed by atoms with Gasteiger partial charge in [0.15, 0.2) is 5.92 Å². The summed E-state index contributed by atoms with van der Waals surface area (Å²) in [6.07, 6.45) is -1.94. The van der Waals surface area contributed by atoms with Crippen LogP contribution < -0.4 is 5.32 Å². The SMILES string of the molecule is COC1CCC(NCC(C#N)C(F)(F)F)C1. The van der Waals surface area contributed by atoms with Crippen molar-refractivity contribution in [2.45, 2.75) is 37.6 Å². The Labute approximate surface area is 92.6 Å². The molecule has 0 radical (unpaired) electrons. The van der Waals surface area contributed by atoms with Crippen LogP contribution in [0.15, 0.2) is 0 Å². The van der Waals surface area contributed by atoms with Crippen LogP contribution in [-0.4, -0.2) is 32.0 Å². The van der Waals surface area contributed by atoms with E-state index in [1.807, 2.05) is 0 Å². The standard InChI is InChI=1S/C10H15F3N2O/c1-16-9-3-2-8(4-9)15-6-7(5-14)10(11,12)13/h7-9,15H,2-4,6H2,1H3. The lowest BCUT2D eigenvalue weighted by Crippen LogP contribution is -2.37. The molecule has 6 heteroatoms. The maximum atomic E-state index is 12.3. The van der Waals surface area contributed by atoms with E-state index in [1.54, 1.807) is 7.11 Å². The molecule has 0 aliphatic heterocycles. The van der Waals surface area contributed by atoms with Gasteiger partial charge in [-0.2, -0.15) is 18.4 Å². The van der Waals surface area contributed by atoms with Crippen LogP contribution in [-0.2, 0) is 4.74 Å². The quantitative estimate of drug-likeness (QED) is 0.810. The minimum Gasteiger partial charge on any atom is -0.381 e. The first kappa shape index (κ1) is 13.3. The summed E-state index contributed by atoms with van der Waals surface area (Å²) in [6, 6.07) is 1.30. The van der Waals surface area contributed by atoms with Crippen LogP contribution in [0.1, 0.15) is 19.3 Å². The number of hydrogen-bond acceptors (Lipinski definition) is 3. The van der Waals surface area contributed by atoms with E-state index in [2.05, 4.69) is 5.32 Å². The summed E-state index contributed by atoms with van der Waals surface area (Å²) >= 11 is 0. The average Bonchev–Trinajstić information content (AvgIpc) is 2.64. The zero-order valence-corrected chi connectivity index (χ0v) is 9.05. The fraction of sp³-hybridized carbons (Fsp3) is 0.900. The third-order valence-corrected chi connectivity index (χ3v) is 2.88. The van der Waals surface area contributed by atoms with Gasteiger partial charge < -0.3 is 10.1 Å². The van der Waals surface area contributed by atoms with Crippen molar-refractivity contribution in [3.05, 3.63) is 0 Å². The monoisotopic (exact) mass is 236 g/mol. The maximum absolute atomic E-state index is 12.3. The summed E-state index contributed by atoms with van der Waals surface area (Å²) < 4.78 is 41.9. The van der Waals surface area contributed by atoms with Crippen LogP contribution in [0.2, 0.25) is 0 Å². The number of ether oxygens (including phenoxy) is 1. The summed E-state index contributed by atoms with van der Waals surface area (Å²) in [4.78, 5) is 0. The summed E-state index contributed by atoms with van der Waals surface area (Å²) in [5, 5.41) is 11.2. The molecule has 0 spiro atoms. The van der Waals surface area contributed by atoms with Gasteiger partial charge in [0.05, 0.1) is 12.2 Å². The molecule has 0 heterocycles. The van der Waals surface area contributed by atoms with E-state index < -0.39 is 12.1 Å². The molecule has 1 aliphatic rings. The number of nitrogens with one attached hydrogen (secondary N) is 1. The lowest BCUT2D eigenvalue weighted by molar-refractivity contribution is -0.158. The van der Waals surface area contributed by atoms with Crippen molar-refractivity contribution in [1.82, 2.24) is 5.32 Å². The van der Waals surface area contributed by atoms with Crippen LogP contribution >= 0.6 is 0 Å². The Bertz CT molecular complexity index is 262. The first-order valence-corrected chi connectivity index (χ1v) is 5.20. The second kappa shape index (κ2) is 5.51. The fourth-order valence-electron chi connectivity index (χ4n) is 1.86. The Balaban J connectivity index is 2.32. The van der Waals surface area contributed by atoms with E-state index in [1.165, 1.54) is 6.07 Å². The highest BCUT2D eigenvalue weighted by atomic mass is 19.4. The number of nitriles is 1. The number of rotatable bonds is 4. The third kappa shape index (κ3) is 3.65. The topological polar surface area (TPSA) is 45.0 Å². The van der Waals surface area contributed by atoms with Crippen LogP contribution in [0, 0.1) is 17.2 Å². The molecule has 0 saturated heterocycles. The molecule has 1 aliphatic carbocycles. The average molecular weight is 236 g/mol. The molecule has 0 aromatic rings. The predicted molar refractivity (Wildman–Crippen MR) is 51.6 cm³/mol.